The molecule has 29 heavy (non-hydrogen) atoms. The van der Waals surface area contributed by atoms with E-state index >= 15 is 0 Å². The van der Waals surface area contributed by atoms with Crippen LogP contribution in [-0.4, -0.2) is 23.8 Å². The molecular weight excluding hydrogens is 390 g/mol. The first-order valence-electron chi connectivity index (χ1n) is 9.28. The molecule has 7 heteroatoms. The summed E-state index contributed by atoms with van der Waals surface area (Å²) in [6.45, 7) is 7.38. The third kappa shape index (κ3) is 4.92. The molecule has 3 aromatic rings. The van der Waals surface area contributed by atoms with Gasteiger partial charge in [-0.1, -0.05) is 0 Å². The van der Waals surface area contributed by atoms with Crippen LogP contribution in [0.25, 0.3) is 11.0 Å². The number of benzene rings is 1. The number of carbonyl (C=O) groups is 3. The smallest absolute Gasteiger partial charge is 0.311 e. The first-order valence-corrected chi connectivity index (χ1v) is 10.1. The van der Waals surface area contributed by atoms with Crippen molar-refractivity contribution < 1.29 is 23.5 Å². The molecule has 6 nitrogen and oxygen atoms in total. The predicted octanol–water partition coefficient (Wildman–Crippen LogP) is 4.10. The molecule has 0 aliphatic carbocycles. The zero-order chi connectivity index (χ0) is 21.1. The Morgan fingerprint density at radius 2 is 1.90 bits per heavy atom. The number of ether oxygens (including phenoxy) is 1. The van der Waals surface area contributed by atoms with Gasteiger partial charge in [-0.3, -0.25) is 14.4 Å². The lowest BCUT2D eigenvalue weighted by molar-refractivity contribution is -0.145. The van der Waals surface area contributed by atoms with Crippen LogP contribution in [-0.2, 0) is 27.3 Å². The molecule has 0 spiro atoms. The van der Waals surface area contributed by atoms with Crippen LogP contribution < -0.4 is 5.32 Å². The molecule has 0 aliphatic rings. The molecule has 2 aromatic heterocycles. The van der Waals surface area contributed by atoms with Gasteiger partial charge in [0.15, 0.2) is 6.10 Å². The third-order valence-corrected chi connectivity index (χ3v) is 5.80. The molecule has 1 N–H and O–H groups in total. The number of esters is 1. The van der Waals surface area contributed by atoms with Gasteiger partial charge in [0.25, 0.3) is 0 Å². The number of hydrogen-bond acceptors (Lipinski definition) is 6. The molecule has 0 fully saturated rings. The Morgan fingerprint density at radius 1 is 1.17 bits per heavy atom. The Morgan fingerprint density at radius 3 is 2.62 bits per heavy atom. The van der Waals surface area contributed by atoms with Crippen molar-refractivity contribution in [3.05, 3.63) is 57.0 Å². The van der Waals surface area contributed by atoms with Crippen LogP contribution in [0.2, 0.25) is 0 Å². The number of aryl methyl sites for hydroxylation is 2. The van der Waals surface area contributed by atoms with E-state index in [0.29, 0.717) is 11.4 Å². The van der Waals surface area contributed by atoms with Gasteiger partial charge < -0.3 is 14.5 Å². The lowest BCUT2D eigenvalue weighted by atomic mass is 10.0. The van der Waals surface area contributed by atoms with Crippen molar-refractivity contribution in [2.45, 2.75) is 46.8 Å². The zero-order valence-corrected chi connectivity index (χ0v) is 17.6. The van der Waals surface area contributed by atoms with Gasteiger partial charge in [-0.2, -0.15) is 0 Å². The lowest BCUT2D eigenvalue weighted by Gasteiger charge is -2.11. The first-order chi connectivity index (χ1) is 13.7. The van der Waals surface area contributed by atoms with Gasteiger partial charge in [-0.15, -0.1) is 11.3 Å². The van der Waals surface area contributed by atoms with E-state index in [1.165, 1.54) is 18.3 Å². The molecule has 152 valence electrons. The van der Waals surface area contributed by atoms with E-state index in [0.717, 1.165) is 32.5 Å². The fourth-order valence-electron chi connectivity index (χ4n) is 2.94. The van der Waals surface area contributed by atoms with Gasteiger partial charge in [0.2, 0.25) is 11.7 Å². The van der Waals surface area contributed by atoms with Crippen LogP contribution in [0.4, 0.5) is 0 Å². The number of furan rings is 1. The van der Waals surface area contributed by atoms with Crippen LogP contribution in [0.1, 0.15) is 45.1 Å². The standard InChI is InChI=1S/C22H23NO5S/c1-12-7-18-16(11-27-19(18)8-13(12)2)9-21(25)28-14(3)22(26)20-6-5-17(29-20)10-23-15(4)24/h5-8,11,14H,9-10H2,1-4H3,(H,23,24). The molecular formula is C22H23NO5S. The summed E-state index contributed by atoms with van der Waals surface area (Å²) in [6.07, 6.45) is 0.702. The van der Waals surface area contributed by atoms with Crippen molar-refractivity contribution in [1.82, 2.24) is 5.32 Å². The summed E-state index contributed by atoms with van der Waals surface area (Å²) in [5.41, 5.74) is 3.70. The second-order valence-corrected chi connectivity index (χ2v) is 8.21. The summed E-state index contributed by atoms with van der Waals surface area (Å²) in [5, 5.41) is 3.57. The Kier molecular flexibility index (Phi) is 6.17. The number of rotatable bonds is 7. The van der Waals surface area contributed by atoms with Crippen LogP contribution in [0.5, 0.6) is 0 Å². The number of ketones is 1. The van der Waals surface area contributed by atoms with E-state index in [-0.39, 0.29) is 18.1 Å². The van der Waals surface area contributed by atoms with Crippen LogP contribution >= 0.6 is 11.3 Å². The molecule has 2 heterocycles. The van der Waals surface area contributed by atoms with Crippen molar-refractivity contribution in [2.75, 3.05) is 0 Å². The molecule has 0 aliphatic heterocycles. The first kappa shape index (κ1) is 20.8. The van der Waals surface area contributed by atoms with Crippen molar-refractivity contribution in [1.29, 1.82) is 0 Å². The zero-order valence-electron chi connectivity index (χ0n) is 16.8. The fourth-order valence-corrected chi connectivity index (χ4v) is 3.90. The molecule has 1 atom stereocenters. The van der Waals surface area contributed by atoms with Crippen molar-refractivity contribution in [2.24, 2.45) is 0 Å². The monoisotopic (exact) mass is 413 g/mol. The molecule has 0 bridgehead atoms. The van der Waals surface area contributed by atoms with Crippen molar-refractivity contribution >= 4 is 40.0 Å². The normalized spacial score (nSPS) is 12.0. The predicted molar refractivity (Wildman–Crippen MR) is 111 cm³/mol. The number of thiophene rings is 1. The second-order valence-electron chi connectivity index (χ2n) is 7.04. The lowest BCUT2D eigenvalue weighted by Crippen LogP contribution is -2.24. The highest BCUT2D eigenvalue weighted by molar-refractivity contribution is 7.14. The third-order valence-electron chi connectivity index (χ3n) is 4.70. The minimum atomic E-state index is -0.892. The number of amides is 1. The van der Waals surface area contributed by atoms with Gasteiger partial charge in [0.05, 0.1) is 24.1 Å². The number of nitrogens with one attached hydrogen (secondary N) is 1. The summed E-state index contributed by atoms with van der Waals surface area (Å²) in [5.74, 6) is -0.881. The Hall–Kier alpha value is -2.93. The quantitative estimate of drug-likeness (QED) is 0.465. The molecule has 1 unspecified atom stereocenters. The maximum absolute atomic E-state index is 12.6. The van der Waals surface area contributed by atoms with E-state index in [4.69, 9.17) is 9.15 Å². The molecule has 1 amide bonds. The Balaban J connectivity index is 1.62. The van der Waals surface area contributed by atoms with E-state index in [9.17, 15) is 14.4 Å². The molecule has 0 radical (unpaired) electrons. The topological polar surface area (TPSA) is 85.6 Å². The molecule has 0 saturated heterocycles. The van der Waals surface area contributed by atoms with Crippen molar-refractivity contribution in [3.63, 3.8) is 0 Å². The van der Waals surface area contributed by atoms with Gasteiger partial charge in [0, 0.05) is 22.8 Å². The average molecular weight is 413 g/mol. The largest absolute Gasteiger partial charge is 0.464 e. The van der Waals surface area contributed by atoms with Gasteiger partial charge >= 0.3 is 5.97 Å². The number of carbonyl (C=O) groups excluding carboxylic acids is 3. The van der Waals surface area contributed by atoms with Gasteiger partial charge in [-0.25, -0.2) is 0 Å². The van der Waals surface area contributed by atoms with Crippen molar-refractivity contribution in [3.8, 4) is 0 Å². The highest BCUT2D eigenvalue weighted by Gasteiger charge is 2.22. The summed E-state index contributed by atoms with van der Waals surface area (Å²) in [4.78, 5) is 37.3. The van der Waals surface area contributed by atoms with Crippen LogP contribution in [0.3, 0.4) is 0 Å². The molecule has 0 saturated carbocycles. The molecule has 3 rings (SSSR count). The highest BCUT2D eigenvalue weighted by Crippen LogP contribution is 2.26. The van der Waals surface area contributed by atoms with E-state index < -0.39 is 12.1 Å². The van der Waals surface area contributed by atoms with E-state index in [1.807, 2.05) is 26.0 Å². The minimum Gasteiger partial charge on any atom is -0.464 e. The number of Topliss-reactive ketones (excluding diaryl/α,β-unsaturated/α-hetero) is 1. The SMILES string of the molecule is CC(=O)NCc1ccc(C(=O)C(C)OC(=O)Cc2coc3cc(C)c(C)cc23)s1. The summed E-state index contributed by atoms with van der Waals surface area (Å²) < 4.78 is 10.9. The average Bonchev–Trinajstić information content (AvgIpc) is 3.27. The summed E-state index contributed by atoms with van der Waals surface area (Å²) in [7, 11) is 0. The van der Waals surface area contributed by atoms with E-state index in [2.05, 4.69) is 5.32 Å². The second kappa shape index (κ2) is 8.61. The number of fused-ring (bicyclic) bond motifs is 1. The highest BCUT2D eigenvalue weighted by atomic mass is 32.1. The molecule has 1 aromatic carbocycles. The van der Waals surface area contributed by atoms with Gasteiger partial charge in [0.1, 0.15) is 5.58 Å². The van der Waals surface area contributed by atoms with Crippen LogP contribution in [0, 0.1) is 13.8 Å². The van der Waals surface area contributed by atoms with E-state index in [1.54, 1.807) is 25.3 Å². The Labute approximate surface area is 172 Å². The summed E-state index contributed by atoms with van der Waals surface area (Å²) in [6, 6.07) is 7.40. The minimum absolute atomic E-state index is 0.0331. The van der Waals surface area contributed by atoms with Crippen LogP contribution in [0.15, 0.2) is 34.9 Å². The fraction of sp³-hybridized carbons (Fsp3) is 0.318. The summed E-state index contributed by atoms with van der Waals surface area (Å²) >= 11 is 1.28. The maximum atomic E-state index is 12.6. The van der Waals surface area contributed by atoms with Gasteiger partial charge in [-0.05, 0) is 56.2 Å². The Bertz CT molecular complexity index is 1080. The number of hydrogen-bond donors (Lipinski definition) is 1. The maximum Gasteiger partial charge on any atom is 0.311 e.